The number of halogens is 1. The molecule has 0 radical (unpaired) electrons. The highest BCUT2D eigenvalue weighted by atomic mass is 32.2. The van der Waals surface area contributed by atoms with Crippen molar-refractivity contribution in [1.82, 2.24) is 0 Å². The van der Waals surface area contributed by atoms with Crippen LogP contribution in [0.4, 0.5) is 4.39 Å². The van der Waals surface area contributed by atoms with Crippen LogP contribution in [0.2, 0.25) is 0 Å². The Labute approximate surface area is 109 Å². The van der Waals surface area contributed by atoms with Crippen LogP contribution in [0.1, 0.15) is 0 Å². The van der Waals surface area contributed by atoms with Crippen LogP contribution in [0, 0.1) is 11.0 Å². The van der Waals surface area contributed by atoms with Gasteiger partial charge in [0.25, 0.3) is 5.03 Å². The molecule has 3 nitrogen and oxygen atoms in total. The second-order valence-corrected chi connectivity index (χ2v) is 4.61. The molecule has 5 heteroatoms. The first-order chi connectivity index (χ1) is 8.77. The fourth-order valence-electron chi connectivity index (χ4n) is 1.38. The molecule has 1 heterocycles. The Kier molecular flexibility index (Phi) is 4.41. The molecule has 94 valence electrons. The first-order valence-electron chi connectivity index (χ1n) is 5.45. The molecule has 0 fully saturated rings. The van der Waals surface area contributed by atoms with Crippen molar-refractivity contribution < 1.29 is 13.9 Å². The summed E-state index contributed by atoms with van der Waals surface area (Å²) >= 11 is 1.38. The lowest BCUT2D eigenvalue weighted by Gasteiger charge is -2.06. The second kappa shape index (κ2) is 6.26. The topological polar surface area (TPSA) is 36.2 Å². The molecule has 0 aliphatic heterocycles. The van der Waals surface area contributed by atoms with Crippen molar-refractivity contribution in [1.29, 1.82) is 0 Å². The van der Waals surface area contributed by atoms with Crippen LogP contribution < -0.4 is 9.47 Å². The van der Waals surface area contributed by atoms with Crippen molar-refractivity contribution in [3.05, 3.63) is 59.7 Å². The first kappa shape index (κ1) is 12.7. The van der Waals surface area contributed by atoms with Crippen LogP contribution in [0.3, 0.4) is 0 Å². The minimum Gasteiger partial charge on any atom is -0.618 e. The van der Waals surface area contributed by atoms with Crippen molar-refractivity contribution in [2.75, 3.05) is 12.4 Å². The summed E-state index contributed by atoms with van der Waals surface area (Å²) in [6.45, 7) is 0.348. The monoisotopic (exact) mass is 265 g/mol. The third-order valence-electron chi connectivity index (χ3n) is 2.22. The lowest BCUT2D eigenvalue weighted by atomic mass is 10.3. The van der Waals surface area contributed by atoms with Gasteiger partial charge in [0.15, 0.2) is 17.8 Å². The zero-order valence-electron chi connectivity index (χ0n) is 9.58. The van der Waals surface area contributed by atoms with Gasteiger partial charge < -0.3 is 9.94 Å². The Bertz CT molecular complexity index is 474. The number of pyridine rings is 1. The number of hydrogen-bond donors (Lipinski definition) is 0. The van der Waals surface area contributed by atoms with E-state index in [1.165, 1.54) is 24.0 Å². The van der Waals surface area contributed by atoms with Crippen LogP contribution in [0.15, 0.2) is 53.7 Å². The van der Waals surface area contributed by atoms with E-state index in [9.17, 15) is 9.60 Å². The molecule has 1 aromatic carbocycles. The summed E-state index contributed by atoms with van der Waals surface area (Å²) < 4.78 is 19.3. The van der Waals surface area contributed by atoms with Gasteiger partial charge in [-0.2, -0.15) is 4.73 Å². The first-order valence-corrected chi connectivity index (χ1v) is 6.44. The van der Waals surface area contributed by atoms with E-state index in [0.29, 0.717) is 17.4 Å². The molecule has 0 bridgehead atoms. The van der Waals surface area contributed by atoms with Crippen molar-refractivity contribution in [3.63, 3.8) is 0 Å². The molecule has 0 unspecified atom stereocenters. The molecule has 0 aliphatic carbocycles. The number of rotatable bonds is 5. The van der Waals surface area contributed by atoms with Gasteiger partial charge in [0.05, 0.1) is 6.61 Å². The van der Waals surface area contributed by atoms with E-state index < -0.39 is 0 Å². The summed E-state index contributed by atoms with van der Waals surface area (Å²) in [5, 5.41) is 11.9. The molecule has 0 spiro atoms. The molecular weight excluding hydrogens is 253 g/mol. The Morgan fingerprint density at radius 3 is 2.72 bits per heavy atom. The second-order valence-electron chi connectivity index (χ2n) is 3.49. The Morgan fingerprint density at radius 2 is 1.94 bits per heavy atom. The highest BCUT2D eigenvalue weighted by Gasteiger charge is 2.05. The fraction of sp³-hybridized carbons (Fsp3) is 0.154. The molecule has 2 aromatic rings. The van der Waals surface area contributed by atoms with Gasteiger partial charge in [-0.05, 0) is 18.2 Å². The number of aromatic nitrogens is 1. The van der Waals surface area contributed by atoms with Crippen molar-refractivity contribution in [3.8, 4) is 5.75 Å². The SMILES string of the molecule is [O-][n+]1ccccc1SCCOc1ccccc1F. The third kappa shape index (κ3) is 3.37. The van der Waals surface area contributed by atoms with E-state index in [2.05, 4.69) is 0 Å². The van der Waals surface area contributed by atoms with Gasteiger partial charge in [-0.25, -0.2) is 4.39 Å². The summed E-state index contributed by atoms with van der Waals surface area (Å²) in [7, 11) is 0. The minimum atomic E-state index is -0.374. The maximum absolute atomic E-state index is 13.2. The molecule has 18 heavy (non-hydrogen) atoms. The summed E-state index contributed by atoms with van der Waals surface area (Å²) in [6, 6.07) is 11.5. The molecule has 0 saturated carbocycles. The maximum atomic E-state index is 13.2. The highest BCUT2D eigenvalue weighted by molar-refractivity contribution is 7.99. The van der Waals surface area contributed by atoms with Crippen LogP contribution in [0.5, 0.6) is 5.75 Å². The van der Waals surface area contributed by atoms with E-state index in [1.54, 1.807) is 36.4 Å². The van der Waals surface area contributed by atoms with Crippen LogP contribution in [-0.2, 0) is 0 Å². The largest absolute Gasteiger partial charge is 0.618 e. The van der Waals surface area contributed by atoms with Crippen molar-refractivity contribution in [2.45, 2.75) is 5.03 Å². The van der Waals surface area contributed by atoms with Gasteiger partial charge in [0.1, 0.15) is 0 Å². The minimum absolute atomic E-state index is 0.237. The third-order valence-corrected chi connectivity index (χ3v) is 3.20. The number of para-hydroxylation sites is 1. The lowest BCUT2D eigenvalue weighted by molar-refractivity contribution is -0.645. The Hall–Kier alpha value is -1.75. The van der Waals surface area contributed by atoms with Gasteiger partial charge in [0, 0.05) is 17.9 Å². The Morgan fingerprint density at radius 1 is 1.17 bits per heavy atom. The van der Waals surface area contributed by atoms with Gasteiger partial charge >= 0.3 is 0 Å². The van der Waals surface area contributed by atoms with Crippen molar-refractivity contribution in [2.24, 2.45) is 0 Å². The number of nitrogens with zero attached hydrogens (tertiary/aromatic N) is 1. The van der Waals surface area contributed by atoms with E-state index >= 15 is 0 Å². The molecule has 0 amide bonds. The van der Waals surface area contributed by atoms with Gasteiger partial charge in [-0.15, -0.1) is 0 Å². The fourth-order valence-corrected chi connectivity index (χ4v) is 2.12. The molecule has 0 saturated heterocycles. The normalized spacial score (nSPS) is 10.3. The van der Waals surface area contributed by atoms with Gasteiger partial charge in [-0.1, -0.05) is 23.9 Å². The van der Waals surface area contributed by atoms with Crippen molar-refractivity contribution >= 4 is 11.8 Å². The molecule has 1 aromatic heterocycles. The summed E-state index contributed by atoms with van der Waals surface area (Å²) in [6.07, 6.45) is 1.44. The van der Waals surface area contributed by atoms with Gasteiger partial charge in [-0.3, -0.25) is 0 Å². The number of hydrogen-bond acceptors (Lipinski definition) is 3. The Balaban J connectivity index is 1.80. The zero-order valence-corrected chi connectivity index (χ0v) is 10.4. The molecule has 0 N–H and O–H groups in total. The summed E-state index contributed by atoms with van der Waals surface area (Å²) in [5.41, 5.74) is 0. The molecule has 0 atom stereocenters. The molecular formula is C13H12FNO2S. The van der Waals surface area contributed by atoms with Crippen LogP contribution in [0.25, 0.3) is 0 Å². The average Bonchev–Trinajstić information content (AvgIpc) is 2.38. The quantitative estimate of drug-likeness (QED) is 0.361. The average molecular weight is 265 g/mol. The predicted molar refractivity (Wildman–Crippen MR) is 68.0 cm³/mol. The van der Waals surface area contributed by atoms with E-state index in [-0.39, 0.29) is 11.6 Å². The molecule has 0 aliphatic rings. The highest BCUT2D eigenvalue weighted by Crippen LogP contribution is 2.17. The number of thioether (sulfide) groups is 1. The van der Waals surface area contributed by atoms with E-state index in [1.807, 2.05) is 0 Å². The predicted octanol–water partition coefficient (Wildman–Crippen LogP) is 2.63. The van der Waals surface area contributed by atoms with E-state index in [4.69, 9.17) is 4.74 Å². The van der Waals surface area contributed by atoms with Gasteiger partial charge in [0.2, 0.25) is 0 Å². The van der Waals surface area contributed by atoms with Crippen LogP contribution in [-0.4, -0.2) is 12.4 Å². The number of benzene rings is 1. The van der Waals surface area contributed by atoms with E-state index in [0.717, 1.165) is 4.73 Å². The molecule has 2 rings (SSSR count). The maximum Gasteiger partial charge on any atom is 0.251 e. The number of ether oxygens (including phenoxy) is 1. The summed E-state index contributed by atoms with van der Waals surface area (Å²) in [5.74, 6) is 0.447. The standard InChI is InChI=1S/C13H12FNO2S/c14-11-5-1-2-6-12(11)17-9-10-18-13-7-3-4-8-15(13)16/h1-8H,9-10H2. The zero-order chi connectivity index (χ0) is 12.8. The lowest BCUT2D eigenvalue weighted by Crippen LogP contribution is -2.27. The summed E-state index contributed by atoms with van der Waals surface area (Å²) in [4.78, 5) is 0. The van der Waals surface area contributed by atoms with Crippen LogP contribution >= 0.6 is 11.8 Å². The smallest absolute Gasteiger partial charge is 0.251 e.